The first-order valence-electron chi connectivity index (χ1n) is 16.2. The number of aromatic nitrogens is 1. The summed E-state index contributed by atoms with van der Waals surface area (Å²) in [6, 6.07) is 70.6. The van der Waals surface area contributed by atoms with E-state index in [9.17, 15) is 0 Å². The molecule has 1 nitrogen and oxygen atoms in total. The van der Waals surface area contributed by atoms with E-state index in [2.05, 4.69) is 211 Å². The number of hydrogen-bond acceptors (Lipinski definition) is 0. The summed E-state index contributed by atoms with van der Waals surface area (Å²) in [5.74, 6) is -7.30. The SMILES string of the molecule is ClP(Cc1cccc[n+]1CP(Cl)(c1ccccc1)(c1ccccc1)c1ccccc1)(c1ccccc1)(c1ccccc1)c1ccccc1. The zero-order valence-electron chi connectivity index (χ0n) is 26.6. The third-order valence-corrected chi connectivity index (χ3v) is 23.9. The molecular weight excluding hydrogens is 663 g/mol. The minimum absolute atomic E-state index is 0.559. The Morgan fingerprint density at radius 3 is 0.917 bits per heavy atom. The van der Waals surface area contributed by atoms with Crippen LogP contribution in [0.2, 0.25) is 0 Å². The maximum absolute atomic E-state index is 8.63. The van der Waals surface area contributed by atoms with Crippen LogP contribution < -0.4 is 36.4 Å². The molecule has 1 aromatic heterocycles. The monoisotopic (exact) mass is 700 g/mol. The third kappa shape index (κ3) is 5.31. The molecule has 0 atom stereocenters. The van der Waals surface area contributed by atoms with Gasteiger partial charge in [-0.2, -0.15) is 0 Å². The van der Waals surface area contributed by atoms with Gasteiger partial charge in [0.15, 0.2) is 0 Å². The van der Waals surface area contributed by atoms with Gasteiger partial charge in [-0.3, -0.25) is 0 Å². The van der Waals surface area contributed by atoms with Crippen molar-refractivity contribution < 1.29 is 4.57 Å². The molecule has 0 saturated heterocycles. The predicted octanol–water partition coefficient (Wildman–Crippen LogP) is 8.80. The molecule has 0 unspecified atom stereocenters. The van der Waals surface area contributed by atoms with Crippen molar-refractivity contribution in [1.29, 1.82) is 0 Å². The fourth-order valence-electron chi connectivity index (χ4n) is 7.23. The zero-order chi connectivity index (χ0) is 33.0. The normalized spacial score (nSPS) is 13.5. The first-order chi connectivity index (χ1) is 23.4. The molecule has 0 aliphatic carbocycles. The quantitative estimate of drug-likeness (QED) is 0.0992. The molecule has 6 aromatic carbocycles. The Hall–Kier alpha value is -4.09. The standard InChI is InChI=1S/C43H38Cl2NP2/c44-47(38-22-7-1-8-23-38,39-24-9-2-10-25-39,40-26-11-3-12-27-40)35-37-21-19-20-34-46(37)36-48(45,41-28-13-4-14-29-41,42-30-15-5-16-31-42)43-32-17-6-18-33-43/h1-34H,35-36H2/q+1. The van der Waals surface area contributed by atoms with Crippen LogP contribution >= 0.6 is 34.4 Å². The molecule has 48 heavy (non-hydrogen) atoms. The summed E-state index contributed by atoms with van der Waals surface area (Å²) in [7, 11) is 0. The van der Waals surface area contributed by atoms with E-state index in [0.29, 0.717) is 12.4 Å². The van der Waals surface area contributed by atoms with Crippen LogP contribution in [0.4, 0.5) is 0 Å². The second-order valence-electron chi connectivity index (χ2n) is 12.3. The van der Waals surface area contributed by atoms with Crippen molar-refractivity contribution in [1.82, 2.24) is 0 Å². The molecule has 7 aromatic rings. The topological polar surface area (TPSA) is 3.88 Å². The van der Waals surface area contributed by atoms with Gasteiger partial charge in [-0.05, 0) is 0 Å². The number of hydrogen-bond donors (Lipinski definition) is 0. The van der Waals surface area contributed by atoms with Crippen LogP contribution in [0.5, 0.6) is 0 Å². The van der Waals surface area contributed by atoms with Crippen LogP contribution in [0.3, 0.4) is 0 Å². The Balaban J connectivity index is 1.52. The molecule has 0 radical (unpaired) electrons. The fraction of sp³-hybridized carbons (Fsp3) is 0.0465. The van der Waals surface area contributed by atoms with Gasteiger partial charge in [0.1, 0.15) is 0 Å². The molecule has 0 fully saturated rings. The van der Waals surface area contributed by atoms with Gasteiger partial charge in [0.2, 0.25) is 0 Å². The van der Waals surface area contributed by atoms with Crippen LogP contribution in [-0.2, 0) is 12.4 Å². The Bertz CT molecular complexity index is 1760. The minimum atomic E-state index is -3.66. The van der Waals surface area contributed by atoms with Gasteiger partial charge in [-0.25, -0.2) is 0 Å². The van der Waals surface area contributed by atoms with Crippen LogP contribution in [0.25, 0.3) is 0 Å². The van der Waals surface area contributed by atoms with E-state index in [1.54, 1.807) is 0 Å². The number of halogens is 2. The predicted molar refractivity (Wildman–Crippen MR) is 212 cm³/mol. The van der Waals surface area contributed by atoms with Crippen LogP contribution in [0.15, 0.2) is 206 Å². The number of pyridine rings is 1. The average molecular weight is 702 g/mol. The van der Waals surface area contributed by atoms with Crippen molar-refractivity contribution in [2.75, 3.05) is 0 Å². The van der Waals surface area contributed by atoms with E-state index >= 15 is 0 Å². The van der Waals surface area contributed by atoms with Crippen LogP contribution in [0.1, 0.15) is 5.69 Å². The molecule has 0 N–H and O–H groups in total. The molecule has 0 bridgehead atoms. The Morgan fingerprint density at radius 1 is 0.333 bits per heavy atom. The summed E-state index contributed by atoms with van der Waals surface area (Å²) in [4.78, 5) is 0. The Labute approximate surface area is 293 Å². The second-order valence-corrected chi connectivity index (χ2v) is 25.2. The molecular formula is C43H38Cl2NP2+. The molecule has 0 spiro atoms. The van der Waals surface area contributed by atoms with E-state index in [4.69, 9.17) is 22.5 Å². The average Bonchev–Trinajstić information content (AvgIpc) is 3.18. The van der Waals surface area contributed by atoms with E-state index < -0.39 is 11.9 Å². The van der Waals surface area contributed by atoms with Crippen molar-refractivity contribution in [2.24, 2.45) is 0 Å². The van der Waals surface area contributed by atoms with Gasteiger partial charge in [-0.15, -0.1) is 0 Å². The fourth-order valence-corrected chi connectivity index (χ4v) is 19.3. The van der Waals surface area contributed by atoms with E-state index in [1.165, 1.54) is 0 Å². The van der Waals surface area contributed by atoms with E-state index in [1.807, 2.05) is 0 Å². The first kappa shape index (κ1) is 32.5. The summed E-state index contributed by atoms with van der Waals surface area (Å²) in [5, 5.41) is 6.79. The zero-order valence-corrected chi connectivity index (χ0v) is 29.9. The molecule has 0 amide bonds. The molecule has 7 rings (SSSR count). The molecule has 5 heteroatoms. The van der Waals surface area contributed by atoms with E-state index in [-0.39, 0.29) is 0 Å². The third-order valence-electron chi connectivity index (χ3n) is 9.68. The summed E-state index contributed by atoms with van der Waals surface area (Å²) in [6.45, 7) is 0. The summed E-state index contributed by atoms with van der Waals surface area (Å²) in [6.07, 6.45) is 3.35. The second kappa shape index (κ2) is 13.1. The number of rotatable bonds is 10. The van der Waals surface area contributed by atoms with Crippen molar-refractivity contribution in [2.45, 2.75) is 12.4 Å². The van der Waals surface area contributed by atoms with Crippen molar-refractivity contribution >= 4 is 66.2 Å². The Kier molecular flexibility index (Phi) is 8.84. The van der Waals surface area contributed by atoms with Crippen LogP contribution in [-0.4, -0.2) is 0 Å². The summed E-state index contributed by atoms with van der Waals surface area (Å²) < 4.78 is 2.39. The molecule has 0 aliphatic heterocycles. The van der Waals surface area contributed by atoms with Crippen molar-refractivity contribution in [3.8, 4) is 0 Å². The van der Waals surface area contributed by atoms with Gasteiger partial charge in [-0.1, -0.05) is 0 Å². The summed E-state index contributed by atoms with van der Waals surface area (Å²) in [5.41, 5.74) is 1.12. The van der Waals surface area contributed by atoms with Crippen LogP contribution in [0, 0.1) is 0 Å². The van der Waals surface area contributed by atoms with Crippen molar-refractivity contribution in [3.05, 3.63) is 212 Å². The molecule has 1 heterocycles. The first-order valence-corrected chi connectivity index (χ1v) is 22.9. The molecule has 0 aliphatic rings. The maximum atomic E-state index is 8.63. The Morgan fingerprint density at radius 2 is 0.604 bits per heavy atom. The van der Waals surface area contributed by atoms with Gasteiger partial charge in [0.25, 0.3) is 0 Å². The number of benzene rings is 6. The van der Waals surface area contributed by atoms with E-state index in [0.717, 1.165) is 37.5 Å². The summed E-state index contributed by atoms with van der Waals surface area (Å²) >= 11 is 17.3. The number of nitrogens with zero attached hydrogens (tertiary/aromatic N) is 1. The van der Waals surface area contributed by atoms with Gasteiger partial charge < -0.3 is 0 Å². The van der Waals surface area contributed by atoms with Crippen molar-refractivity contribution in [3.63, 3.8) is 0 Å². The van der Waals surface area contributed by atoms with Gasteiger partial charge in [0, 0.05) is 0 Å². The van der Waals surface area contributed by atoms with Gasteiger partial charge in [0.05, 0.1) is 0 Å². The molecule has 238 valence electrons. The molecule has 0 saturated carbocycles. The van der Waals surface area contributed by atoms with Gasteiger partial charge >= 0.3 is 295 Å².